The van der Waals surface area contributed by atoms with Crippen molar-refractivity contribution in [1.29, 1.82) is 0 Å². The number of ketones is 2. The van der Waals surface area contributed by atoms with Gasteiger partial charge in [-0.15, -0.1) is 0 Å². The van der Waals surface area contributed by atoms with Gasteiger partial charge in [-0.1, -0.05) is 108 Å². The Kier molecular flexibility index (Phi) is 24.2. The second-order valence-electron chi connectivity index (χ2n) is 18.5. The van der Waals surface area contributed by atoms with Crippen molar-refractivity contribution >= 4 is 108 Å². The van der Waals surface area contributed by atoms with Crippen LogP contribution in [0.3, 0.4) is 0 Å². The first-order valence-corrected chi connectivity index (χ1v) is 38.1. The number of halogens is 6. The molecule has 0 radical (unpaired) electrons. The van der Waals surface area contributed by atoms with Gasteiger partial charge >= 0.3 is 68.4 Å². The zero-order chi connectivity index (χ0) is 52.3. The standard InChI is InChI=1S/C22H19ClO3.C14H17ClO2.C13H15ClO.C9H6O3.I3/c23-17-11-9-16(10-12-17)15-7-5-14(6-8-15)13-20-21(24)18-3-1-2-4-19(18)22(25)26-20;1-17-14(16)12-4-2-10(3-5-12)11-6-8-13(15)9-7-11;14-13-7-5-12(6-8-13)11-3-1-10(9-15)2-4-11;10-8-5-12-9(11)7-4-2-1-3-6(7)8;1-3-2/h1-4,9-15H,5-8H2;6-10,12H,2-5H2,1H3;5-11H,1-4H2;1-4H,5H2;/q;;;;-1/b20-13-;;;;. The topological polar surface area (TPSA) is 130 Å². The Morgan fingerprint density at radius 1 is 0.548 bits per heavy atom. The van der Waals surface area contributed by atoms with E-state index in [1.54, 1.807) is 48.5 Å². The molecule has 2 aliphatic heterocycles. The SMILES string of the molecule is COC(=O)C1CCC(c2ccc(Cl)cc2)CC1.I[I-]I.O=C1COC(=O)c2ccccc21.O=C1O/C(=C\C2CCC(c3ccc(Cl)cc3)CC2)C(=O)c2ccccc21.O=CC1CCC(c2ccc(Cl)cc2)CC1. The van der Waals surface area contributed by atoms with Crippen molar-refractivity contribution in [2.24, 2.45) is 17.8 Å². The van der Waals surface area contributed by atoms with Gasteiger partial charge < -0.3 is 19.0 Å². The van der Waals surface area contributed by atoms with Gasteiger partial charge in [0.1, 0.15) is 6.29 Å². The number of Topliss-reactive ketones (excluding diaryl/α,β-unsaturated/α-hetero) is 2. The number of ether oxygens (including phenoxy) is 3. The second-order valence-corrected chi connectivity index (χ2v) is 36.0. The second kappa shape index (κ2) is 30.2. The Morgan fingerprint density at radius 3 is 1.34 bits per heavy atom. The van der Waals surface area contributed by atoms with Crippen LogP contribution in [0.25, 0.3) is 0 Å². The molecular formula is C58H57Cl3I3O9-. The van der Waals surface area contributed by atoms with Crippen molar-refractivity contribution in [3.63, 3.8) is 0 Å². The molecule has 5 aliphatic rings. The van der Waals surface area contributed by atoms with E-state index in [9.17, 15) is 28.8 Å². The largest absolute Gasteiger partial charge is 0.454 e. The summed E-state index contributed by atoms with van der Waals surface area (Å²) in [4.78, 5) is 69.0. The third-order valence-corrected chi connectivity index (χ3v) is 14.8. The molecule has 3 saturated carbocycles. The minimum atomic E-state index is -0.443. The molecular weight excluding hydrogens is 1330 g/mol. The summed E-state index contributed by atoms with van der Waals surface area (Å²) in [5.74, 6) is 1.31. The number of cyclic esters (lactones) is 2. The van der Waals surface area contributed by atoms with Gasteiger partial charge in [-0.2, -0.15) is 0 Å². The Labute approximate surface area is 472 Å². The molecule has 0 N–H and O–H groups in total. The van der Waals surface area contributed by atoms with Crippen molar-refractivity contribution in [1.82, 2.24) is 0 Å². The third kappa shape index (κ3) is 17.4. The number of carbonyl (C=O) groups is 6. The number of carbonyl (C=O) groups excluding carboxylic acids is 6. The van der Waals surface area contributed by atoms with Crippen LogP contribution in [0.15, 0.2) is 133 Å². The van der Waals surface area contributed by atoms with Crippen molar-refractivity contribution in [3.05, 3.63) is 187 Å². The summed E-state index contributed by atoms with van der Waals surface area (Å²) in [6, 6.07) is 37.7. The predicted octanol–water partition coefficient (Wildman–Crippen LogP) is 13.0. The van der Waals surface area contributed by atoms with Crippen LogP contribution < -0.4 is 13.3 Å². The molecule has 0 spiro atoms. The Balaban J connectivity index is 0.000000162. The van der Waals surface area contributed by atoms with E-state index in [0.717, 1.165) is 98.4 Å². The molecule has 386 valence electrons. The van der Waals surface area contributed by atoms with Gasteiger partial charge in [-0.3, -0.25) is 14.4 Å². The van der Waals surface area contributed by atoms with Crippen LogP contribution in [-0.4, -0.2) is 49.5 Å². The molecule has 0 amide bonds. The molecule has 73 heavy (non-hydrogen) atoms. The summed E-state index contributed by atoms with van der Waals surface area (Å²) >= 11 is 23.0. The van der Waals surface area contributed by atoms with E-state index in [4.69, 9.17) is 44.3 Å². The minimum absolute atomic E-state index is 0.0560. The van der Waals surface area contributed by atoms with Gasteiger partial charge in [0.05, 0.1) is 24.2 Å². The average Bonchev–Trinajstić information content (AvgIpc) is 3.43. The maximum absolute atomic E-state index is 12.6. The Bertz CT molecular complexity index is 2640. The quantitative estimate of drug-likeness (QED) is 0.0536. The van der Waals surface area contributed by atoms with E-state index < -0.39 is 11.9 Å². The van der Waals surface area contributed by atoms with E-state index in [1.807, 2.05) is 42.5 Å². The number of hydrogen-bond donors (Lipinski definition) is 0. The molecule has 15 heteroatoms. The van der Waals surface area contributed by atoms with E-state index in [1.165, 1.54) is 23.8 Å². The van der Waals surface area contributed by atoms with Crippen molar-refractivity contribution < 1.29 is 56.2 Å². The molecule has 10 rings (SSSR count). The van der Waals surface area contributed by atoms with E-state index >= 15 is 0 Å². The fourth-order valence-corrected chi connectivity index (χ4v) is 10.3. The summed E-state index contributed by atoms with van der Waals surface area (Å²) in [6.45, 7) is -0.129. The molecule has 0 unspecified atom stereocenters. The van der Waals surface area contributed by atoms with Gasteiger partial charge in [-0.05, 0) is 172 Å². The number of fused-ring (bicyclic) bond motifs is 2. The van der Waals surface area contributed by atoms with Crippen LogP contribution in [0, 0.1) is 17.8 Å². The van der Waals surface area contributed by atoms with Gasteiger partial charge in [0.15, 0.2) is 12.4 Å². The zero-order valence-electron chi connectivity index (χ0n) is 40.3. The number of hydrogen-bond acceptors (Lipinski definition) is 9. The van der Waals surface area contributed by atoms with Crippen LogP contribution >= 0.6 is 72.0 Å². The molecule has 0 atom stereocenters. The fraction of sp³-hybridized carbons (Fsp3) is 0.345. The monoisotopic (exact) mass is 1380 g/mol. The Hall–Kier alpha value is -3.68. The normalized spacial score (nSPS) is 22.5. The maximum Gasteiger partial charge on any atom is 0.344 e. The smallest absolute Gasteiger partial charge is 0.344 e. The summed E-state index contributed by atoms with van der Waals surface area (Å²) < 4.78 is 14.7. The first kappa shape index (κ1) is 58.6. The summed E-state index contributed by atoms with van der Waals surface area (Å²) in [5.41, 5.74) is 5.63. The van der Waals surface area contributed by atoms with Crippen LogP contribution in [0.4, 0.5) is 0 Å². The predicted molar refractivity (Wildman–Crippen MR) is 300 cm³/mol. The molecule has 5 aromatic carbocycles. The minimum Gasteiger partial charge on any atom is -0.454 e. The maximum atomic E-state index is 12.6. The zero-order valence-corrected chi connectivity index (χ0v) is 49.0. The molecule has 3 fully saturated rings. The fourth-order valence-electron chi connectivity index (χ4n) is 9.95. The number of methoxy groups -OCH3 is 1. The molecule has 3 aliphatic carbocycles. The van der Waals surface area contributed by atoms with Gasteiger partial charge in [-0.25, -0.2) is 9.59 Å². The molecule has 9 nitrogen and oxygen atoms in total. The molecule has 0 bridgehead atoms. The van der Waals surface area contributed by atoms with Crippen LogP contribution in [0.1, 0.15) is 153 Å². The number of aldehydes is 1. The number of allylic oxidation sites excluding steroid dienone is 2. The van der Waals surface area contributed by atoms with Gasteiger partial charge in [0, 0.05) is 32.1 Å². The summed E-state index contributed by atoms with van der Waals surface area (Å²) in [6.07, 6.45) is 15.3. The number of rotatable bonds is 6. The molecule has 5 aromatic rings. The van der Waals surface area contributed by atoms with E-state index in [2.05, 4.69) is 78.4 Å². The average molecular weight is 1390 g/mol. The van der Waals surface area contributed by atoms with Crippen LogP contribution in [-0.2, 0) is 23.8 Å². The first-order chi connectivity index (χ1) is 35.3. The third-order valence-electron chi connectivity index (χ3n) is 14.0. The summed E-state index contributed by atoms with van der Waals surface area (Å²) in [5, 5.41) is 2.32. The molecule has 0 saturated heterocycles. The van der Waals surface area contributed by atoms with Crippen molar-refractivity contribution in [2.75, 3.05) is 13.7 Å². The van der Waals surface area contributed by atoms with Gasteiger partial charge in [0.2, 0.25) is 11.6 Å². The number of benzene rings is 5. The summed E-state index contributed by atoms with van der Waals surface area (Å²) in [7, 11) is 1.47. The van der Waals surface area contributed by atoms with Crippen molar-refractivity contribution in [3.8, 4) is 0 Å². The van der Waals surface area contributed by atoms with Crippen LogP contribution in [0.5, 0.6) is 0 Å². The first-order valence-electron chi connectivity index (χ1n) is 24.4. The molecule has 0 aromatic heterocycles. The van der Waals surface area contributed by atoms with Gasteiger partial charge in [0.25, 0.3) is 0 Å². The van der Waals surface area contributed by atoms with Crippen molar-refractivity contribution in [2.45, 2.75) is 94.8 Å². The Morgan fingerprint density at radius 2 is 0.932 bits per heavy atom. The van der Waals surface area contributed by atoms with Crippen LogP contribution in [0.2, 0.25) is 15.1 Å². The number of esters is 3. The van der Waals surface area contributed by atoms with E-state index in [0.29, 0.717) is 59.2 Å². The van der Waals surface area contributed by atoms with E-state index in [-0.39, 0.29) is 41.7 Å². The molecule has 2 heterocycles.